The number of sulfonamides is 1. The molecule has 1 amide bonds. The highest BCUT2D eigenvalue weighted by Gasteiger charge is 2.33. The van der Waals surface area contributed by atoms with Crippen molar-refractivity contribution < 1.29 is 17.9 Å². The van der Waals surface area contributed by atoms with Crippen LogP contribution < -0.4 is 10.1 Å². The summed E-state index contributed by atoms with van der Waals surface area (Å²) in [4.78, 5) is 12.5. The lowest BCUT2D eigenvalue weighted by atomic mass is 9.99. The number of benzene rings is 1. The number of methoxy groups -OCH3 is 1. The Morgan fingerprint density at radius 3 is 2.80 bits per heavy atom. The van der Waals surface area contributed by atoms with Gasteiger partial charge in [0.2, 0.25) is 15.9 Å². The zero-order chi connectivity index (χ0) is 18.4. The first kappa shape index (κ1) is 19.7. The van der Waals surface area contributed by atoms with E-state index < -0.39 is 10.0 Å². The van der Waals surface area contributed by atoms with E-state index in [9.17, 15) is 13.2 Å². The highest BCUT2D eigenvalue weighted by molar-refractivity contribution is 7.89. The number of aryl methyl sites for hydroxylation is 1. The molecule has 1 atom stereocenters. The number of nitrogens with one attached hydrogen (secondary N) is 1. The van der Waals surface area contributed by atoms with Crippen LogP contribution in [0.15, 0.2) is 23.1 Å². The van der Waals surface area contributed by atoms with Crippen molar-refractivity contribution in [3.05, 3.63) is 23.8 Å². The SMILES string of the molecule is CCCCNC(=O)[C@H]1CCCN(S(=O)(=O)c2ccc(OC)c(C)c2)C1. The Morgan fingerprint density at radius 1 is 1.40 bits per heavy atom. The topological polar surface area (TPSA) is 75.7 Å². The van der Waals surface area contributed by atoms with Crippen molar-refractivity contribution in [3.63, 3.8) is 0 Å². The summed E-state index contributed by atoms with van der Waals surface area (Å²) in [6.07, 6.45) is 3.37. The molecule has 1 aromatic carbocycles. The molecule has 0 radical (unpaired) electrons. The second-order valence-electron chi connectivity index (χ2n) is 6.48. The quantitative estimate of drug-likeness (QED) is 0.750. The first-order chi connectivity index (χ1) is 11.9. The molecule has 1 aromatic rings. The molecule has 1 aliphatic heterocycles. The number of hydrogen-bond acceptors (Lipinski definition) is 4. The Bertz CT molecular complexity index is 703. The predicted octanol–water partition coefficient (Wildman–Crippen LogP) is 2.32. The van der Waals surface area contributed by atoms with Gasteiger partial charge < -0.3 is 10.1 Å². The molecule has 1 saturated heterocycles. The number of rotatable bonds is 7. The molecule has 0 spiro atoms. The summed E-state index contributed by atoms with van der Waals surface area (Å²) >= 11 is 0. The van der Waals surface area contributed by atoms with Gasteiger partial charge in [0.15, 0.2) is 0 Å². The van der Waals surface area contributed by atoms with E-state index in [1.807, 2.05) is 6.92 Å². The number of nitrogens with zero attached hydrogens (tertiary/aromatic N) is 1. The van der Waals surface area contributed by atoms with Crippen LogP contribution in [0.25, 0.3) is 0 Å². The molecule has 1 fully saturated rings. The Balaban J connectivity index is 2.11. The van der Waals surface area contributed by atoms with E-state index in [0.717, 1.165) is 24.8 Å². The summed E-state index contributed by atoms with van der Waals surface area (Å²) < 4.78 is 32.5. The number of piperidine rings is 1. The van der Waals surface area contributed by atoms with Crippen LogP contribution in [-0.4, -0.2) is 45.4 Å². The Morgan fingerprint density at radius 2 is 2.16 bits per heavy atom. The van der Waals surface area contributed by atoms with Gasteiger partial charge in [0.1, 0.15) is 5.75 Å². The van der Waals surface area contributed by atoms with Gasteiger partial charge in [0.25, 0.3) is 0 Å². The summed E-state index contributed by atoms with van der Waals surface area (Å²) in [6.45, 7) is 5.23. The number of hydrogen-bond donors (Lipinski definition) is 1. The van der Waals surface area contributed by atoms with Crippen LogP contribution >= 0.6 is 0 Å². The minimum absolute atomic E-state index is 0.0424. The molecule has 140 valence electrons. The average Bonchev–Trinajstić information content (AvgIpc) is 2.61. The summed E-state index contributed by atoms with van der Waals surface area (Å²) in [7, 11) is -2.04. The normalized spacial score (nSPS) is 18.8. The van der Waals surface area contributed by atoms with Gasteiger partial charge in [0, 0.05) is 19.6 Å². The monoisotopic (exact) mass is 368 g/mol. The zero-order valence-corrected chi connectivity index (χ0v) is 16.1. The van der Waals surface area contributed by atoms with Crippen LogP contribution in [0.2, 0.25) is 0 Å². The molecular weight excluding hydrogens is 340 g/mol. The molecule has 1 heterocycles. The lowest BCUT2D eigenvalue weighted by Crippen LogP contribution is -2.45. The standard InChI is InChI=1S/C18H28N2O4S/c1-4-5-10-19-18(21)15-7-6-11-20(13-15)25(22,23)16-8-9-17(24-3)14(2)12-16/h8-9,12,15H,4-7,10-11,13H2,1-3H3,(H,19,21)/t15-/m0/s1. The largest absolute Gasteiger partial charge is 0.496 e. The van der Waals surface area contributed by atoms with Crippen LogP contribution in [0.3, 0.4) is 0 Å². The Labute approximate surface area is 150 Å². The molecule has 25 heavy (non-hydrogen) atoms. The van der Waals surface area contributed by atoms with E-state index >= 15 is 0 Å². The van der Waals surface area contributed by atoms with Gasteiger partial charge in [-0.1, -0.05) is 13.3 Å². The van der Waals surface area contributed by atoms with Crippen molar-refractivity contribution in [3.8, 4) is 5.75 Å². The van der Waals surface area contributed by atoms with Gasteiger partial charge in [-0.2, -0.15) is 4.31 Å². The molecule has 1 aliphatic rings. The minimum atomic E-state index is -3.60. The maximum absolute atomic E-state index is 12.9. The highest BCUT2D eigenvalue weighted by Crippen LogP contribution is 2.27. The fraction of sp³-hybridized carbons (Fsp3) is 0.611. The fourth-order valence-corrected chi connectivity index (χ4v) is 4.68. The fourth-order valence-electron chi connectivity index (χ4n) is 3.07. The highest BCUT2D eigenvalue weighted by atomic mass is 32.2. The molecule has 0 aliphatic carbocycles. The lowest BCUT2D eigenvalue weighted by molar-refractivity contribution is -0.126. The van der Waals surface area contributed by atoms with Crippen molar-refractivity contribution >= 4 is 15.9 Å². The van der Waals surface area contributed by atoms with Crippen molar-refractivity contribution in [2.24, 2.45) is 5.92 Å². The van der Waals surface area contributed by atoms with Gasteiger partial charge in [-0.15, -0.1) is 0 Å². The Hall–Kier alpha value is -1.60. The second kappa shape index (κ2) is 8.67. The third-order valence-corrected chi connectivity index (χ3v) is 6.45. The lowest BCUT2D eigenvalue weighted by Gasteiger charge is -2.31. The van der Waals surface area contributed by atoms with E-state index in [1.165, 1.54) is 4.31 Å². The molecule has 0 unspecified atom stereocenters. The van der Waals surface area contributed by atoms with Crippen LogP contribution in [-0.2, 0) is 14.8 Å². The molecule has 6 nitrogen and oxygen atoms in total. The van der Waals surface area contributed by atoms with Crippen LogP contribution in [0.5, 0.6) is 5.75 Å². The summed E-state index contributed by atoms with van der Waals surface area (Å²) in [5.74, 6) is 0.338. The van der Waals surface area contributed by atoms with Crippen molar-refractivity contribution in [2.45, 2.75) is 44.4 Å². The molecule has 0 aromatic heterocycles. The van der Waals surface area contributed by atoms with Gasteiger partial charge in [-0.05, 0) is 49.9 Å². The van der Waals surface area contributed by atoms with Crippen molar-refractivity contribution in [1.29, 1.82) is 0 Å². The Kier molecular flexibility index (Phi) is 6.84. The van der Waals surface area contributed by atoms with E-state index in [4.69, 9.17) is 4.74 Å². The average molecular weight is 368 g/mol. The van der Waals surface area contributed by atoms with Gasteiger partial charge >= 0.3 is 0 Å². The molecule has 1 N–H and O–H groups in total. The van der Waals surface area contributed by atoms with E-state index in [-0.39, 0.29) is 23.3 Å². The third kappa shape index (κ3) is 4.73. The van der Waals surface area contributed by atoms with Crippen LogP contribution in [0.1, 0.15) is 38.2 Å². The number of ether oxygens (including phenoxy) is 1. The second-order valence-corrected chi connectivity index (χ2v) is 8.42. The smallest absolute Gasteiger partial charge is 0.243 e. The summed E-state index contributed by atoms with van der Waals surface area (Å²) in [6, 6.07) is 4.85. The molecule has 7 heteroatoms. The van der Waals surface area contributed by atoms with Gasteiger partial charge in [-0.25, -0.2) is 8.42 Å². The molecule has 0 bridgehead atoms. The predicted molar refractivity (Wildman–Crippen MR) is 97.1 cm³/mol. The molecule has 2 rings (SSSR count). The molecule has 0 saturated carbocycles. The number of carbonyl (C=O) groups excluding carboxylic acids is 1. The van der Waals surface area contributed by atoms with E-state index in [1.54, 1.807) is 25.3 Å². The van der Waals surface area contributed by atoms with E-state index in [2.05, 4.69) is 12.2 Å². The third-order valence-electron chi connectivity index (χ3n) is 4.59. The first-order valence-corrected chi connectivity index (χ1v) is 10.3. The molecular formula is C18H28N2O4S. The van der Waals surface area contributed by atoms with Crippen LogP contribution in [0, 0.1) is 12.8 Å². The van der Waals surface area contributed by atoms with E-state index in [0.29, 0.717) is 25.3 Å². The number of carbonyl (C=O) groups is 1. The van der Waals surface area contributed by atoms with Crippen LogP contribution in [0.4, 0.5) is 0 Å². The zero-order valence-electron chi connectivity index (χ0n) is 15.2. The minimum Gasteiger partial charge on any atom is -0.496 e. The van der Waals surface area contributed by atoms with Crippen molar-refractivity contribution in [2.75, 3.05) is 26.7 Å². The first-order valence-electron chi connectivity index (χ1n) is 8.82. The van der Waals surface area contributed by atoms with Crippen molar-refractivity contribution in [1.82, 2.24) is 9.62 Å². The number of amides is 1. The summed E-state index contributed by atoms with van der Waals surface area (Å²) in [5.41, 5.74) is 0.773. The summed E-state index contributed by atoms with van der Waals surface area (Å²) in [5, 5.41) is 2.91. The maximum Gasteiger partial charge on any atom is 0.243 e. The number of unbranched alkanes of at least 4 members (excludes halogenated alkanes) is 1. The maximum atomic E-state index is 12.9. The van der Waals surface area contributed by atoms with Gasteiger partial charge in [-0.3, -0.25) is 4.79 Å². The van der Waals surface area contributed by atoms with Gasteiger partial charge in [0.05, 0.1) is 17.9 Å².